The van der Waals surface area contributed by atoms with Gasteiger partial charge in [0.25, 0.3) is 5.91 Å². The molecule has 0 saturated heterocycles. The van der Waals surface area contributed by atoms with Gasteiger partial charge in [-0.05, 0) is 51.8 Å². The molecule has 1 unspecified atom stereocenters. The van der Waals surface area contributed by atoms with Crippen LogP contribution in [0.15, 0.2) is 28.8 Å². The number of fused-ring (bicyclic) bond motifs is 1. The van der Waals surface area contributed by atoms with Crippen LogP contribution in [0.4, 0.5) is 0 Å². The maximum atomic E-state index is 13.0. The van der Waals surface area contributed by atoms with Crippen molar-refractivity contribution in [1.82, 2.24) is 20.1 Å². The summed E-state index contributed by atoms with van der Waals surface area (Å²) in [5.41, 5.74) is 2.23. The molecule has 3 aromatic heterocycles. The van der Waals surface area contributed by atoms with E-state index in [0.717, 1.165) is 28.2 Å². The van der Waals surface area contributed by atoms with Crippen molar-refractivity contribution in [3.05, 3.63) is 47.2 Å². The van der Waals surface area contributed by atoms with Gasteiger partial charge in [0.2, 0.25) is 0 Å². The number of amides is 1. The molecule has 1 amide bonds. The van der Waals surface area contributed by atoms with Gasteiger partial charge in [0.05, 0.1) is 23.2 Å². The Morgan fingerprint density at radius 2 is 1.92 bits per heavy atom. The molecule has 0 fully saturated rings. The lowest BCUT2D eigenvalue weighted by Gasteiger charge is -2.14. The molecule has 0 saturated carbocycles. The van der Waals surface area contributed by atoms with Crippen molar-refractivity contribution in [2.75, 3.05) is 0 Å². The Kier molecular flexibility index (Phi) is 4.85. The van der Waals surface area contributed by atoms with E-state index in [1.807, 2.05) is 36.7 Å². The van der Waals surface area contributed by atoms with E-state index in [2.05, 4.69) is 38.1 Å². The summed E-state index contributed by atoms with van der Waals surface area (Å²) in [5.74, 6) is 1.63. The molecule has 26 heavy (non-hydrogen) atoms. The number of hydrogen-bond acceptors (Lipinski definition) is 4. The maximum Gasteiger partial charge on any atom is 0.252 e. The van der Waals surface area contributed by atoms with Crippen molar-refractivity contribution in [2.24, 2.45) is 0 Å². The summed E-state index contributed by atoms with van der Waals surface area (Å²) >= 11 is 0. The first kappa shape index (κ1) is 18.2. The molecule has 3 rings (SSSR count). The van der Waals surface area contributed by atoms with Gasteiger partial charge in [0.15, 0.2) is 5.65 Å². The molecular weight excluding hydrogens is 328 g/mol. The zero-order valence-electron chi connectivity index (χ0n) is 16.2. The fourth-order valence-electron chi connectivity index (χ4n) is 2.93. The van der Waals surface area contributed by atoms with E-state index in [-0.39, 0.29) is 23.9 Å². The Labute approximate surface area is 153 Å². The van der Waals surface area contributed by atoms with E-state index >= 15 is 0 Å². The minimum Gasteiger partial charge on any atom is -0.464 e. The summed E-state index contributed by atoms with van der Waals surface area (Å²) in [6.07, 6.45) is 1.73. The largest absolute Gasteiger partial charge is 0.464 e. The van der Waals surface area contributed by atoms with Crippen LogP contribution in [0.1, 0.15) is 80.2 Å². The highest BCUT2D eigenvalue weighted by Crippen LogP contribution is 2.25. The molecule has 0 spiro atoms. The summed E-state index contributed by atoms with van der Waals surface area (Å²) in [7, 11) is 0. The second kappa shape index (κ2) is 6.94. The third kappa shape index (κ3) is 3.36. The van der Waals surface area contributed by atoms with E-state index in [1.165, 1.54) is 0 Å². The Morgan fingerprint density at radius 3 is 2.50 bits per heavy atom. The van der Waals surface area contributed by atoms with Crippen LogP contribution >= 0.6 is 0 Å². The second-order valence-corrected chi connectivity index (χ2v) is 7.31. The quantitative estimate of drug-likeness (QED) is 0.731. The average Bonchev–Trinajstić information content (AvgIpc) is 3.19. The van der Waals surface area contributed by atoms with Crippen LogP contribution in [0.2, 0.25) is 0 Å². The van der Waals surface area contributed by atoms with E-state index < -0.39 is 0 Å². The Balaban J connectivity index is 2.01. The Hall–Kier alpha value is -2.63. The summed E-state index contributed by atoms with van der Waals surface area (Å²) in [6, 6.07) is 5.60. The van der Waals surface area contributed by atoms with Gasteiger partial charge < -0.3 is 9.73 Å². The number of aromatic nitrogens is 3. The first-order valence-electron chi connectivity index (χ1n) is 9.03. The number of nitrogens with zero attached hydrogens (tertiary/aromatic N) is 3. The highest BCUT2D eigenvalue weighted by atomic mass is 16.3. The van der Waals surface area contributed by atoms with Crippen LogP contribution in [-0.2, 0) is 0 Å². The lowest BCUT2D eigenvalue weighted by atomic mass is 10.0. The van der Waals surface area contributed by atoms with Gasteiger partial charge >= 0.3 is 0 Å². The van der Waals surface area contributed by atoms with Crippen molar-refractivity contribution >= 4 is 16.9 Å². The lowest BCUT2D eigenvalue weighted by molar-refractivity contribution is 0.0936. The first-order valence-corrected chi connectivity index (χ1v) is 9.03. The van der Waals surface area contributed by atoms with Gasteiger partial charge in [-0.1, -0.05) is 13.8 Å². The lowest BCUT2D eigenvalue weighted by Crippen LogP contribution is -2.27. The van der Waals surface area contributed by atoms with Gasteiger partial charge in [-0.2, -0.15) is 5.10 Å². The third-order valence-corrected chi connectivity index (χ3v) is 4.45. The number of furan rings is 1. The predicted octanol–water partition coefficient (Wildman–Crippen LogP) is 4.53. The molecule has 0 aliphatic rings. The topological polar surface area (TPSA) is 73.0 Å². The predicted molar refractivity (Wildman–Crippen MR) is 101 cm³/mol. The first-order chi connectivity index (χ1) is 12.3. The number of carbonyl (C=O) groups is 1. The van der Waals surface area contributed by atoms with Crippen molar-refractivity contribution < 1.29 is 9.21 Å². The minimum atomic E-state index is -0.220. The number of nitrogens with one attached hydrogen (secondary N) is 1. The molecule has 0 aliphatic carbocycles. The van der Waals surface area contributed by atoms with Crippen LogP contribution in [0.25, 0.3) is 11.0 Å². The van der Waals surface area contributed by atoms with Crippen molar-refractivity contribution in [2.45, 2.75) is 59.5 Å². The summed E-state index contributed by atoms with van der Waals surface area (Å²) in [6.45, 7) is 12.0. The average molecular weight is 354 g/mol. The normalized spacial score (nSPS) is 12.9. The van der Waals surface area contributed by atoms with E-state index in [4.69, 9.17) is 9.40 Å². The number of hydrogen-bond donors (Lipinski definition) is 1. The molecule has 0 bridgehead atoms. The molecular formula is C20H26N4O2. The van der Waals surface area contributed by atoms with Crippen molar-refractivity contribution in [3.8, 4) is 0 Å². The van der Waals surface area contributed by atoms with Gasteiger partial charge in [0.1, 0.15) is 11.5 Å². The van der Waals surface area contributed by atoms with Gasteiger partial charge in [-0.3, -0.25) is 4.79 Å². The summed E-state index contributed by atoms with van der Waals surface area (Å²) in [4.78, 5) is 17.7. The van der Waals surface area contributed by atoms with Gasteiger partial charge in [-0.25, -0.2) is 9.67 Å². The van der Waals surface area contributed by atoms with Crippen LogP contribution in [-0.4, -0.2) is 20.7 Å². The third-order valence-electron chi connectivity index (χ3n) is 4.45. The summed E-state index contributed by atoms with van der Waals surface area (Å²) in [5, 5.41) is 8.23. The number of rotatable bonds is 5. The minimum absolute atomic E-state index is 0.149. The van der Waals surface area contributed by atoms with E-state index in [1.54, 1.807) is 6.20 Å². The summed E-state index contributed by atoms with van der Waals surface area (Å²) < 4.78 is 7.48. The van der Waals surface area contributed by atoms with Crippen molar-refractivity contribution in [1.29, 1.82) is 0 Å². The zero-order valence-corrected chi connectivity index (χ0v) is 16.2. The Morgan fingerprint density at radius 1 is 1.19 bits per heavy atom. The van der Waals surface area contributed by atoms with E-state index in [9.17, 15) is 4.79 Å². The molecule has 1 atom stereocenters. The molecule has 138 valence electrons. The second-order valence-electron chi connectivity index (χ2n) is 7.31. The van der Waals surface area contributed by atoms with E-state index in [0.29, 0.717) is 5.56 Å². The van der Waals surface area contributed by atoms with Crippen LogP contribution in [0, 0.1) is 6.92 Å². The Bertz CT molecular complexity index is 937. The van der Waals surface area contributed by atoms with Gasteiger partial charge in [0, 0.05) is 11.7 Å². The fourth-order valence-corrected chi connectivity index (χ4v) is 2.93. The van der Waals surface area contributed by atoms with Crippen LogP contribution < -0.4 is 5.32 Å². The molecule has 3 heterocycles. The monoisotopic (exact) mass is 354 g/mol. The highest BCUT2D eigenvalue weighted by Gasteiger charge is 2.21. The number of aryl methyl sites for hydroxylation is 1. The standard InChI is InChI=1S/C20H26N4O2/c1-11(2)17-9-15(16-10-21-24(12(3)4)19(16)23-17)20(25)22-14(6)18-8-7-13(5)26-18/h7-12,14H,1-6H3,(H,22,25). The fraction of sp³-hybridized carbons (Fsp3) is 0.450. The zero-order chi connectivity index (χ0) is 19.0. The van der Waals surface area contributed by atoms with Crippen molar-refractivity contribution in [3.63, 3.8) is 0 Å². The molecule has 0 radical (unpaired) electrons. The maximum absolute atomic E-state index is 13.0. The molecule has 0 aliphatic heterocycles. The SMILES string of the molecule is Cc1ccc(C(C)NC(=O)c2cc(C(C)C)nc3c2cnn3C(C)C)o1. The smallest absolute Gasteiger partial charge is 0.252 e. The van der Waals surface area contributed by atoms with Crippen LogP contribution in [0.3, 0.4) is 0 Å². The van der Waals surface area contributed by atoms with Crippen LogP contribution in [0.5, 0.6) is 0 Å². The van der Waals surface area contributed by atoms with Gasteiger partial charge in [-0.15, -0.1) is 0 Å². The highest BCUT2D eigenvalue weighted by molar-refractivity contribution is 6.05. The molecule has 3 aromatic rings. The molecule has 0 aromatic carbocycles. The number of pyridine rings is 1. The number of carbonyl (C=O) groups excluding carboxylic acids is 1. The molecule has 6 nitrogen and oxygen atoms in total. The molecule has 1 N–H and O–H groups in total. The molecule has 6 heteroatoms.